The molecule has 0 atom stereocenters. The third-order valence-corrected chi connectivity index (χ3v) is 4.38. The summed E-state index contributed by atoms with van der Waals surface area (Å²) in [4.78, 5) is 23.2. The summed E-state index contributed by atoms with van der Waals surface area (Å²) < 4.78 is 0. The number of imidazole rings is 1. The van der Waals surface area contributed by atoms with Crippen molar-refractivity contribution in [3.05, 3.63) is 66.1 Å². The fraction of sp³-hybridized carbons (Fsp3) is 0.200. The Hall–Kier alpha value is -3.08. The van der Waals surface area contributed by atoms with E-state index in [2.05, 4.69) is 20.3 Å². The first kappa shape index (κ1) is 15.4. The Balaban J connectivity index is 1.27. The molecule has 0 radical (unpaired) electrons. The molecule has 0 bridgehead atoms. The number of hydrogen-bond acceptors (Lipinski definition) is 2. The molecule has 1 amide bonds. The van der Waals surface area contributed by atoms with E-state index in [-0.39, 0.29) is 5.91 Å². The summed E-state index contributed by atoms with van der Waals surface area (Å²) in [6.07, 6.45) is 3.99. The molecule has 5 heteroatoms. The van der Waals surface area contributed by atoms with E-state index in [1.165, 1.54) is 0 Å². The van der Waals surface area contributed by atoms with Gasteiger partial charge in [0, 0.05) is 30.1 Å². The Labute approximate surface area is 145 Å². The van der Waals surface area contributed by atoms with Crippen LogP contribution in [0.4, 0.5) is 0 Å². The van der Waals surface area contributed by atoms with Crippen molar-refractivity contribution in [3.63, 3.8) is 0 Å². The summed E-state index contributed by atoms with van der Waals surface area (Å²) in [5.41, 5.74) is 4.14. The highest BCUT2D eigenvalue weighted by atomic mass is 16.1. The maximum Gasteiger partial charge on any atom is 0.224 e. The van der Waals surface area contributed by atoms with Gasteiger partial charge in [-0.3, -0.25) is 4.79 Å². The monoisotopic (exact) mass is 332 g/mol. The van der Waals surface area contributed by atoms with Gasteiger partial charge in [0.05, 0.1) is 17.5 Å². The van der Waals surface area contributed by atoms with E-state index >= 15 is 0 Å². The van der Waals surface area contributed by atoms with Crippen LogP contribution in [0.15, 0.2) is 54.7 Å². The first-order valence-electron chi connectivity index (χ1n) is 8.55. The van der Waals surface area contributed by atoms with E-state index in [1.54, 1.807) is 0 Å². The van der Waals surface area contributed by atoms with Crippen molar-refractivity contribution in [1.29, 1.82) is 0 Å². The van der Waals surface area contributed by atoms with E-state index in [0.717, 1.165) is 46.2 Å². The van der Waals surface area contributed by atoms with Crippen LogP contribution in [-0.2, 0) is 17.6 Å². The number of para-hydroxylation sites is 3. The van der Waals surface area contributed by atoms with Crippen LogP contribution in [0.5, 0.6) is 0 Å². The van der Waals surface area contributed by atoms with Gasteiger partial charge in [-0.2, -0.15) is 0 Å². The van der Waals surface area contributed by atoms with Gasteiger partial charge in [-0.05, 0) is 30.2 Å². The first-order valence-corrected chi connectivity index (χ1v) is 8.55. The van der Waals surface area contributed by atoms with Crippen molar-refractivity contribution in [1.82, 2.24) is 20.3 Å². The minimum atomic E-state index is 0.0503. The Kier molecular flexibility index (Phi) is 4.21. The topological polar surface area (TPSA) is 73.6 Å². The molecular weight excluding hydrogens is 312 g/mol. The number of aromatic amines is 2. The molecule has 4 aromatic rings. The molecule has 4 rings (SSSR count). The largest absolute Gasteiger partial charge is 0.361 e. The number of hydrogen-bond donors (Lipinski definition) is 3. The molecule has 0 fully saturated rings. The van der Waals surface area contributed by atoms with Crippen LogP contribution in [0, 0.1) is 0 Å². The average molecular weight is 332 g/mol. The summed E-state index contributed by atoms with van der Waals surface area (Å²) in [5.74, 6) is 1.02. The Morgan fingerprint density at radius 1 is 1.04 bits per heavy atom. The molecule has 0 saturated carbocycles. The molecule has 2 aromatic carbocycles. The average Bonchev–Trinajstić information content (AvgIpc) is 3.23. The van der Waals surface area contributed by atoms with E-state index < -0.39 is 0 Å². The number of amides is 1. The zero-order chi connectivity index (χ0) is 17.1. The van der Waals surface area contributed by atoms with Crippen LogP contribution < -0.4 is 5.32 Å². The molecule has 0 aliphatic rings. The highest BCUT2D eigenvalue weighted by Gasteiger charge is 2.08. The smallest absolute Gasteiger partial charge is 0.224 e. The van der Waals surface area contributed by atoms with E-state index in [9.17, 15) is 4.79 Å². The number of H-pyrrole nitrogens is 2. The molecule has 2 aromatic heterocycles. The summed E-state index contributed by atoms with van der Waals surface area (Å²) in [6, 6.07) is 16.0. The molecule has 0 saturated heterocycles. The predicted octanol–water partition coefficient (Wildman–Crippen LogP) is 3.34. The van der Waals surface area contributed by atoms with E-state index in [1.807, 2.05) is 54.7 Å². The number of benzene rings is 2. The van der Waals surface area contributed by atoms with Gasteiger partial charge in [0.15, 0.2) is 0 Å². The van der Waals surface area contributed by atoms with Crippen LogP contribution in [0.25, 0.3) is 21.9 Å². The lowest BCUT2D eigenvalue weighted by Gasteiger charge is -2.04. The molecule has 0 spiro atoms. The van der Waals surface area contributed by atoms with E-state index in [4.69, 9.17) is 0 Å². The van der Waals surface area contributed by atoms with Gasteiger partial charge in [-0.1, -0.05) is 30.3 Å². The van der Waals surface area contributed by atoms with Gasteiger partial charge in [0.1, 0.15) is 5.82 Å². The van der Waals surface area contributed by atoms with Gasteiger partial charge >= 0.3 is 0 Å². The minimum Gasteiger partial charge on any atom is -0.361 e. The van der Waals surface area contributed by atoms with Crippen molar-refractivity contribution < 1.29 is 4.79 Å². The predicted molar refractivity (Wildman–Crippen MR) is 99.4 cm³/mol. The van der Waals surface area contributed by atoms with Crippen LogP contribution in [0.3, 0.4) is 0 Å². The summed E-state index contributed by atoms with van der Waals surface area (Å²) in [6.45, 7) is 0.651. The van der Waals surface area contributed by atoms with Crippen molar-refractivity contribution >= 4 is 27.8 Å². The third-order valence-electron chi connectivity index (χ3n) is 4.38. The number of nitrogens with zero attached hydrogens (tertiary/aromatic N) is 1. The lowest BCUT2D eigenvalue weighted by molar-refractivity contribution is -0.120. The van der Waals surface area contributed by atoms with Crippen LogP contribution >= 0.6 is 0 Å². The standard InChI is InChI=1S/C20H20N4O/c25-20(12-14-13-22-16-7-2-1-6-15(14)16)21-11-5-10-19-23-17-8-3-4-9-18(17)24-19/h1-4,6-9,13,22H,5,10-12H2,(H,21,25)(H,23,24). The zero-order valence-electron chi connectivity index (χ0n) is 13.9. The summed E-state index contributed by atoms with van der Waals surface area (Å²) in [5, 5.41) is 4.11. The van der Waals surface area contributed by atoms with Gasteiger partial charge < -0.3 is 15.3 Å². The second-order valence-electron chi connectivity index (χ2n) is 6.19. The van der Waals surface area contributed by atoms with Crippen LogP contribution in [0.1, 0.15) is 17.8 Å². The molecule has 5 nitrogen and oxygen atoms in total. The lowest BCUT2D eigenvalue weighted by Crippen LogP contribution is -2.26. The van der Waals surface area contributed by atoms with Gasteiger partial charge in [-0.15, -0.1) is 0 Å². The summed E-state index contributed by atoms with van der Waals surface area (Å²) in [7, 11) is 0. The highest BCUT2D eigenvalue weighted by molar-refractivity contribution is 5.88. The number of rotatable bonds is 6. The summed E-state index contributed by atoms with van der Waals surface area (Å²) >= 11 is 0. The normalized spacial score (nSPS) is 11.2. The van der Waals surface area contributed by atoms with Gasteiger partial charge in [0.25, 0.3) is 0 Å². The number of fused-ring (bicyclic) bond motifs is 2. The second-order valence-corrected chi connectivity index (χ2v) is 6.19. The van der Waals surface area contributed by atoms with Crippen LogP contribution in [-0.4, -0.2) is 27.4 Å². The van der Waals surface area contributed by atoms with Gasteiger partial charge in [-0.25, -0.2) is 4.98 Å². The molecular formula is C20H20N4O. The lowest BCUT2D eigenvalue weighted by atomic mass is 10.1. The zero-order valence-corrected chi connectivity index (χ0v) is 13.9. The molecule has 0 aliphatic carbocycles. The Morgan fingerprint density at radius 2 is 1.84 bits per heavy atom. The second kappa shape index (κ2) is 6.81. The third kappa shape index (κ3) is 3.40. The van der Waals surface area contributed by atoms with Gasteiger partial charge in [0.2, 0.25) is 5.91 Å². The fourth-order valence-electron chi connectivity index (χ4n) is 3.12. The number of carbonyl (C=O) groups excluding carboxylic acids is 1. The number of carbonyl (C=O) groups is 1. The molecule has 0 aliphatic heterocycles. The maximum absolute atomic E-state index is 12.2. The Morgan fingerprint density at radius 3 is 2.72 bits per heavy atom. The SMILES string of the molecule is O=C(Cc1c[nH]c2ccccc12)NCCCc1nc2ccccc2[nH]1. The first-order chi connectivity index (χ1) is 12.3. The van der Waals surface area contributed by atoms with Crippen molar-refractivity contribution in [2.75, 3.05) is 6.54 Å². The molecule has 25 heavy (non-hydrogen) atoms. The minimum absolute atomic E-state index is 0.0503. The molecule has 3 N–H and O–H groups in total. The molecule has 2 heterocycles. The molecule has 126 valence electrons. The van der Waals surface area contributed by atoms with Crippen molar-refractivity contribution in [2.45, 2.75) is 19.3 Å². The van der Waals surface area contributed by atoms with Crippen molar-refractivity contribution in [2.24, 2.45) is 0 Å². The highest BCUT2D eigenvalue weighted by Crippen LogP contribution is 2.18. The quantitative estimate of drug-likeness (QED) is 0.474. The number of aromatic nitrogens is 3. The Bertz CT molecular complexity index is 982. The molecule has 0 unspecified atom stereocenters. The van der Waals surface area contributed by atoms with E-state index in [0.29, 0.717) is 13.0 Å². The maximum atomic E-state index is 12.2. The van der Waals surface area contributed by atoms with Crippen LogP contribution in [0.2, 0.25) is 0 Å². The number of aryl methyl sites for hydroxylation is 1. The van der Waals surface area contributed by atoms with Crippen molar-refractivity contribution in [3.8, 4) is 0 Å². The fourth-order valence-corrected chi connectivity index (χ4v) is 3.12. The number of nitrogens with one attached hydrogen (secondary N) is 3.